The van der Waals surface area contributed by atoms with Gasteiger partial charge in [0.25, 0.3) is 0 Å². The summed E-state index contributed by atoms with van der Waals surface area (Å²) in [5, 5.41) is 2.17. The van der Waals surface area contributed by atoms with E-state index in [1.54, 1.807) is 11.1 Å². The molecular formula is C24H26BN3O4. The summed E-state index contributed by atoms with van der Waals surface area (Å²) in [5.74, 6) is -0.128. The van der Waals surface area contributed by atoms with Crippen LogP contribution in [0.3, 0.4) is 0 Å². The molecule has 2 aliphatic rings. The van der Waals surface area contributed by atoms with Crippen molar-refractivity contribution in [3.8, 4) is 11.3 Å². The Morgan fingerprint density at radius 1 is 1.19 bits per heavy atom. The number of hydrogen-bond acceptors (Lipinski definition) is 5. The minimum atomic E-state index is -0.808. The summed E-state index contributed by atoms with van der Waals surface area (Å²) in [6.45, 7) is 6.89. The van der Waals surface area contributed by atoms with Crippen molar-refractivity contribution in [2.45, 2.75) is 44.6 Å². The smallest absolute Gasteiger partial charge is 0.411 e. The molecule has 0 aliphatic carbocycles. The number of H-pyrrole nitrogens is 1. The molecule has 0 unspecified atom stereocenters. The lowest BCUT2D eigenvalue weighted by Crippen LogP contribution is -2.40. The summed E-state index contributed by atoms with van der Waals surface area (Å²) in [6, 6.07) is 11.7. The second kappa shape index (κ2) is 7.64. The van der Waals surface area contributed by atoms with Crippen molar-refractivity contribution in [2.24, 2.45) is 0 Å². The molecule has 5 rings (SSSR count). The number of hydrogen-bond donors (Lipinski definition) is 1. The number of ether oxygens (including phenoxy) is 3. The van der Waals surface area contributed by atoms with Gasteiger partial charge in [-0.3, -0.25) is 4.90 Å². The standard InChI is InChI=1S/C24H26BN3O4/c1-23(2,3)32-22(29)28-14-24(30-8-9-31-24)12-20(28)21-26-13-19(27-21)17-5-4-16-11-18(25)7-6-15(16)10-17/h4-7,10-11,13,20H,8-9,12,14H2,1-3H3,(H,26,27)/t20-/m0/s1. The third-order valence-electron chi connectivity index (χ3n) is 5.82. The maximum absolute atomic E-state index is 13.0. The lowest BCUT2D eigenvalue weighted by Gasteiger charge is -2.27. The summed E-state index contributed by atoms with van der Waals surface area (Å²) < 4.78 is 17.4. The van der Waals surface area contributed by atoms with Gasteiger partial charge in [0, 0.05) is 12.0 Å². The van der Waals surface area contributed by atoms with E-state index in [0.29, 0.717) is 32.0 Å². The molecule has 1 aromatic heterocycles. The van der Waals surface area contributed by atoms with E-state index in [4.69, 9.17) is 22.1 Å². The molecule has 1 N–H and O–H groups in total. The number of amides is 1. The summed E-state index contributed by atoms with van der Waals surface area (Å²) >= 11 is 0. The molecule has 2 aromatic carbocycles. The zero-order valence-electron chi connectivity index (χ0n) is 18.6. The summed E-state index contributed by atoms with van der Waals surface area (Å²) in [5.41, 5.74) is 2.02. The van der Waals surface area contributed by atoms with Crippen LogP contribution in [0.1, 0.15) is 39.1 Å². The van der Waals surface area contributed by atoms with E-state index in [1.807, 2.05) is 51.1 Å². The topological polar surface area (TPSA) is 76.7 Å². The Labute approximate surface area is 188 Å². The monoisotopic (exact) mass is 431 g/mol. The predicted octanol–water partition coefficient (Wildman–Crippen LogP) is 3.45. The lowest BCUT2D eigenvalue weighted by atomic mass is 9.93. The number of benzene rings is 2. The van der Waals surface area contributed by atoms with Crippen LogP contribution in [0.15, 0.2) is 42.6 Å². The van der Waals surface area contributed by atoms with Gasteiger partial charge in [-0.15, -0.1) is 0 Å². The van der Waals surface area contributed by atoms with Gasteiger partial charge in [0.2, 0.25) is 0 Å². The number of carbonyl (C=O) groups is 1. The number of fused-ring (bicyclic) bond motifs is 1. The fraction of sp³-hybridized carbons (Fsp3) is 0.417. The molecule has 3 aromatic rings. The molecule has 1 atom stereocenters. The first-order chi connectivity index (χ1) is 15.2. The van der Waals surface area contributed by atoms with Crippen LogP contribution in [0, 0.1) is 0 Å². The first kappa shape index (κ1) is 21.0. The van der Waals surface area contributed by atoms with Gasteiger partial charge in [-0.1, -0.05) is 35.8 Å². The molecular weight excluding hydrogens is 405 g/mol. The Kier molecular flexibility index (Phi) is 5.02. The highest BCUT2D eigenvalue weighted by Crippen LogP contribution is 2.42. The first-order valence-corrected chi connectivity index (χ1v) is 10.8. The highest BCUT2D eigenvalue weighted by atomic mass is 16.7. The highest BCUT2D eigenvalue weighted by molar-refractivity contribution is 6.33. The molecule has 2 aliphatic heterocycles. The van der Waals surface area contributed by atoms with Crippen LogP contribution in [-0.4, -0.2) is 60.0 Å². The zero-order valence-corrected chi connectivity index (χ0v) is 18.6. The fourth-order valence-corrected chi connectivity index (χ4v) is 4.39. The molecule has 8 heteroatoms. The SMILES string of the molecule is [B]c1ccc2cc(-c3cnc([C@@H]4CC5(CN4C(=O)OC(C)(C)C)OCCO5)[nH]3)ccc2c1. The average Bonchev–Trinajstić information content (AvgIpc) is 3.47. The van der Waals surface area contributed by atoms with Crippen LogP contribution >= 0.6 is 0 Å². The predicted molar refractivity (Wildman–Crippen MR) is 122 cm³/mol. The molecule has 2 radical (unpaired) electrons. The number of imidazole rings is 1. The van der Waals surface area contributed by atoms with Crippen molar-refractivity contribution in [1.82, 2.24) is 14.9 Å². The van der Waals surface area contributed by atoms with Gasteiger partial charge in [0.05, 0.1) is 37.7 Å². The van der Waals surface area contributed by atoms with E-state index in [2.05, 4.69) is 16.0 Å². The van der Waals surface area contributed by atoms with Crippen molar-refractivity contribution in [2.75, 3.05) is 19.8 Å². The Morgan fingerprint density at radius 3 is 2.66 bits per heavy atom. The Hall–Kier alpha value is -2.84. The molecule has 2 fully saturated rings. The zero-order chi connectivity index (χ0) is 22.5. The van der Waals surface area contributed by atoms with Gasteiger partial charge in [0.1, 0.15) is 19.3 Å². The maximum atomic E-state index is 13.0. The number of carbonyl (C=O) groups excluding carboxylic acids is 1. The van der Waals surface area contributed by atoms with Crippen molar-refractivity contribution < 1.29 is 19.0 Å². The summed E-state index contributed by atoms with van der Waals surface area (Å²) in [7, 11) is 5.89. The quantitative estimate of drug-likeness (QED) is 0.629. The van der Waals surface area contributed by atoms with E-state index < -0.39 is 17.5 Å². The van der Waals surface area contributed by atoms with Gasteiger partial charge < -0.3 is 19.2 Å². The minimum absolute atomic E-state index is 0.306. The van der Waals surface area contributed by atoms with E-state index in [0.717, 1.165) is 27.5 Å². The van der Waals surface area contributed by atoms with Crippen LogP contribution < -0.4 is 5.46 Å². The van der Waals surface area contributed by atoms with Crippen molar-refractivity contribution in [1.29, 1.82) is 0 Å². The van der Waals surface area contributed by atoms with E-state index >= 15 is 0 Å². The number of rotatable bonds is 2. The molecule has 1 spiro atoms. The molecule has 0 bridgehead atoms. The molecule has 32 heavy (non-hydrogen) atoms. The van der Waals surface area contributed by atoms with E-state index in [-0.39, 0.29) is 6.04 Å². The molecule has 0 saturated carbocycles. The molecule has 3 heterocycles. The second-order valence-corrected chi connectivity index (χ2v) is 9.44. The summed E-state index contributed by atoms with van der Waals surface area (Å²) in [4.78, 5) is 22.7. The highest BCUT2D eigenvalue weighted by Gasteiger charge is 2.52. The second-order valence-electron chi connectivity index (χ2n) is 9.44. The van der Waals surface area contributed by atoms with E-state index in [9.17, 15) is 4.79 Å². The van der Waals surface area contributed by atoms with Crippen LogP contribution in [0.5, 0.6) is 0 Å². The molecule has 7 nitrogen and oxygen atoms in total. The van der Waals surface area contributed by atoms with Gasteiger partial charge >= 0.3 is 6.09 Å². The first-order valence-electron chi connectivity index (χ1n) is 10.8. The molecule has 164 valence electrons. The van der Waals surface area contributed by atoms with Gasteiger partial charge in [-0.05, 0) is 37.6 Å². The fourth-order valence-electron chi connectivity index (χ4n) is 4.39. The third-order valence-corrected chi connectivity index (χ3v) is 5.82. The van der Waals surface area contributed by atoms with Crippen LogP contribution in [0.25, 0.3) is 22.0 Å². The van der Waals surface area contributed by atoms with Gasteiger partial charge in [-0.2, -0.15) is 0 Å². The van der Waals surface area contributed by atoms with Gasteiger partial charge in [0.15, 0.2) is 5.79 Å². The largest absolute Gasteiger partial charge is 0.444 e. The van der Waals surface area contributed by atoms with E-state index in [1.165, 1.54) is 0 Å². The van der Waals surface area contributed by atoms with Crippen LogP contribution in [-0.2, 0) is 14.2 Å². The summed E-state index contributed by atoms with van der Waals surface area (Å²) in [6.07, 6.45) is 1.89. The minimum Gasteiger partial charge on any atom is -0.444 e. The van der Waals surface area contributed by atoms with Gasteiger partial charge in [-0.25, -0.2) is 9.78 Å². The lowest BCUT2D eigenvalue weighted by molar-refractivity contribution is -0.145. The number of aromatic nitrogens is 2. The number of nitrogens with zero attached hydrogens (tertiary/aromatic N) is 2. The molecule has 1 amide bonds. The van der Waals surface area contributed by atoms with Crippen LogP contribution in [0.2, 0.25) is 0 Å². The average molecular weight is 431 g/mol. The Bertz CT molecular complexity index is 1160. The van der Waals surface area contributed by atoms with Crippen LogP contribution in [0.4, 0.5) is 4.79 Å². The van der Waals surface area contributed by atoms with Crippen molar-refractivity contribution in [3.05, 3.63) is 48.4 Å². The normalized spacial score (nSPS) is 20.3. The van der Waals surface area contributed by atoms with Crippen molar-refractivity contribution >= 4 is 30.2 Å². The maximum Gasteiger partial charge on any atom is 0.411 e. The number of aromatic amines is 1. The Balaban J connectivity index is 1.45. The third kappa shape index (κ3) is 4.00. The van der Waals surface area contributed by atoms with Crippen molar-refractivity contribution in [3.63, 3.8) is 0 Å². The number of nitrogens with one attached hydrogen (secondary N) is 1. The Morgan fingerprint density at radius 2 is 1.91 bits per heavy atom. The number of likely N-dealkylation sites (tertiary alicyclic amines) is 1. The molecule has 2 saturated heterocycles.